The molecule has 29 heavy (non-hydrogen) atoms. The molecular formula is C23H27N5O. The molecule has 0 radical (unpaired) electrons. The van der Waals surface area contributed by atoms with E-state index in [1.807, 2.05) is 18.5 Å². The van der Waals surface area contributed by atoms with Gasteiger partial charge in [-0.1, -0.05) is 12.1 Å². The summed E-state index contributed by atoms with van der Waals surface area (Å²) in [5.74, 6) is 2.45. The van der Waals surface area contributed by atoms with Crippen LogP contribution in [0.25, 0.3) is 5.69 Å². The minimum absolute atomic E-state index is 0.00853. The van der Waals surface area contributed by atoms with Gasteiger partial charge < -0.3 is 4.74 Å². The third kappa shape index (κ3) is 3.70. The molecule has 1 unspecified atom stereocenters. The lowest BCUT2D eigenvalue weighted by Gasteiger charge is -2.34. The van der Waals surface area contributed by atoms with Crippen molar-refractivity contribution in [3.05, 3.63) is 71.1 Å². The van der Waals surface area contributed by atoms with Gasteiger partial charge in [-0.05, 0) is 61.6 Å². The van der Waals surface area contributed by atoms with Gasteiger partial charge in [0.05, 0.1) is 24.9 Å². The Kier molecular flexibility index (Phi) is 4.89. The summed E-state index contributed by atoms with van der Waals surface area (Å²) in [6, 6.07) is 10.7. The summed E-state index contributed by atoms with van der Waals surface area (Å²) in [4.78, 5) is 11.9. The molecule has 1 saturated heterocycles. The predicted octanol–water partition coefficient (Wildman–Crippen LogP) is 3.58. The summed E-state index contributed by atoms with van der Waals surface area (Å²) in [7, 11) is 0. The summed E-state index contributed by atoms with van der Waals surface area (Å²) in [5, 5.41) is 4.98. The number of aryl methyl sites for hydroxylation is 2. The summed E-state index contributed by atoms with van der Waals surface area (Å²) >= 11 is 0. The number of hydrogen-bond acceptors (Lipinski definition) is 5. The molecule has 2 aliphatic rings. The van der Waals surface area contributed by atoms with Crippen LogP contribution in [0.4, 0.5) is 0 Å². The highest BCUT2D eigenvalue weighted by atomic mass is 16.5. The molecule has 1 aliphatic heterocycles. The lowest BCUT2D eigenvalue weighted by atomic mass is 10.1. The van der Waals surface area contributed by atoms with Crippen molar-refractivity contribution in [3.63, 3.8) is 0 Å². The number of rotatable bonds is 5. The van der Waals surface area contributed by atoms with Crippen molar-refractivity contribution in [2.24, 2.45) is 0 Å². The van der Waals surface area contributed by atoms with E-state index in [9.17, 15) is 0 Å². The van der Waals surface area contributed by atoms with Crippen molar-refractivity contribution in [2.75, 3.05) is 26.3 Å². The second kappa shape index (κ2) is 7.69. The molecule has 0 amide bonds. The Bertz CT molecular complexity index is 990. The molecule has 5 rings (SSSR count). The largest absolute Gasteiger partial charge is 0.379 e. The molecule has 2 aromatic heterocycles. The van der Waals surface area contributed by atoms with Crippen LogP contribution in [-0.4, -0.2) is 51.0 Å². The molecule has 1 aromatic carbocycles. The minimum atomic E-state index is 0.00853. The Morgan fingerprint density at radius 1 is 1.07 bits per heavy atom. The average molecular weight is 390 g/mol. The van der Waals surface area contributed by atoms with E-state index in [0.717, 1.165) is 49.2 Å². The fourth-order valence-electron chi connectivity index (χ4n) is 3.98. The smallest absolute Gasteiger partial charge is 0.154 e. The van der Waals surface area contributed by atoms with E-state index in [4.69, 9.17) is 14.8 Å². The molecule has 0 N–H and O–H groups in total. The highest BCUT2D eigenvalue weighted by Crippen LogP contribution is 2.40. The summed E-state index contributed by atoms with van der Waals surface area (Å²) in [6.07, 6.45) is 6.15. The SMILES string of the molecule is Cc1ccc(-n2nc(C3CC3)nc2C(c2cccnc2)N2CCOCC2)cc1C. The lowest BCUT2D eigenvalue weighted by molar-refractivity contribution is 0.0220. The molecular weight excluding hydrogens is 362 g/mol. The Labute approximate surface area is 171 Å². The van der Waals surface area contributed by atoms with Crippen molar-refractivity contribution in [1.29, 1.82) is 0 Å². The highest BCUT2D eigenvalue weighted by molar-refractivity contribution is 5.41. The molecule has 6 heteroatoms. The topological polar surface area (TPSA) is 56.1 Å². The number of ether oxygens (including phenoxy) is 1. The van der Waals surface area contributed by atoms with Crippen LogP contribution in [-0.2, 0) is 4.74 Å². The monoisotopic (exact) mass is 389 g/mol. The number of pyridine rings is 1. The van der Waals surface area contributed by atoms with Gasteiger partial charge in [-0.2, -0.15) is 5.10 Å². The summed E-state index contributed by atoms with van der Waals surface area (Å²) < 4.78 is 7.68. The van der Waals surface area contributed by atoms with Gasteiger partial charge >= 0.3 is 0 Å². The van der Waals surface area contributed by atoms with Crippen molar-refractivity contribution in [1.82, 2.24) is 24.6 Å². The predicted molar refractivity (Wildman–Crippen MR) is 111 cm³/mol. The Morgan fingerprint density at radius 2 is 1.90 bits per heavy atom. The average Bonchev–Trinajstić information content (AvgIpc) is 3.52. The van der Waals surface area contributed by atoms with Crippen LogP contribution in [0.3, 0.4) is 0 Å². The van der Waals surface area contributed by atoms with E-state index in [1.54, 1.807) is 0 Å². The maximum atomic E-state index is 5.62. The second-order valence-electron chi connectivity index (χ2n) is 8.12. The van der Waals surface area contributed by atoms with E-state index in [0.29, 0.717) is 5.92 Å². The second-order valence-corrected chi connectivity index (χ2v) is 8.12. The number of benzene rings is 1. The third-order valence-corrected chi connectivity index (χ3v) is 5.98. The van der Waals surface area contributed by atoms with E-state index in [-0.39, 0.29) is 6.04 Å². The number of aromatic nitrogens is 4. The molecule has 150 valence electrons. The van der Waals surface area contributed by atoms with Crippen LogP contribution < -0.4 is 0 Å². The zero-order valence-corrected chi connectivity index (χ0v) is 17.1. The van der Waals surface area contributed by atoms with Gasteiger partial charge in [-0.15, -0.1) is 0 Å². The van der Waals surface area contributed by atoms with Gasteiger partial charge in [0.2, 0.25) is 0 Å². The van der Waals surface area contributed by atoms with Crippen molar-refractivity contribution in [2.45, 2.75) is 38.6 Å². The van der Waals surface area contributed by atoms with Crippen LogP contribution in [0.2, 0.25) is 0 Å². The maximum Gasteiger partial charge on any atom is 0.154 e. The fourth-order valence-corrected chi connectivity index (χ4v) is 3.98. The molecule has 0 bridgehead atoms. The van der Waals surface area contributed by atoms with Crippen LogP contribution in [0.1, 0.15) is 53.1 Å². The maximum absolute atomic E-state index is 5.62. The first-order valence-electron chi connectivity index (χ1n) is 10.5. The molecule has 1 atom stereocenters. The first-order valence-corrected chi connectivity index (χ1v) is 10.5. The highest BCUT2D eigenvalue weighted by Gasteiger charge is 2.34. The van der Waals surface area contributed by atoms with Crippen LogP contribution in [0.5, 0.6) is 0 Å². The molecule has 2 fully saturated rings. The normalized spacial score (nSPS) is 18.7. The number of morpholine rings is 1. The van der Waals surface area contributed by atoms with Crippen molar-refractivity contribution < 1.29 is 4.74 Å². The third-order valence-electron chi connectivity index (χ3n) is 5.98. The summed E-state index contributed by atoms with van der Waals surface area (Å²) in [6.45, 7) is 7.52. The molecule has 1 saturated carbocycles. The first-order chi connectivity index (χ1) is 14.2. The van der Waals surface area contributed by atoms with Gasteiger partial charge in [0.25, 0.3) is 0 Å². The molecule has 1 aliphatic carbocycles. The quantitative estimate of drug-likeness (QED) is 0.668. The van der Waals surface area contributed by atoms with Gasteiger partial charge in [0.15, 0.2) is 11.6 Å². The van der Waals surface area contributed by atoms with E-state index in [2.05, 4.69) is 52.7 Å². The van der Waals surface area contributed by atoms with Gasteiger partial charge in [-0.3, -0.25) is 9.88 Å². The molecule has 6 nitrogen and oxygen atoms in total. The Morgan fingerprint density at radius 3 is 2.59 bits per heavy atom. The van der Waals surface area contributed by atoms with E-state index >= 15 is 0 Å². The zero-order chi connectivity index (χ0) is 19.8. The van der Waals surface area contributed by atoms with E-state index < -0.39 is 0 Å². The fraction of sp³-hybridized carbons (Fsp3) is 0.435. The summed E-state index contributed by atoms with van der Waals surface area (Å²) in [5.41, 5.74) is 4.77. The van der Waals surface area contributed by atoms with Gasteiger partial charge in [-0.25, -0.2) is 9.67 Å². The first kappa shape index (κ1) is 18.5. The van der Waals surface area contributed by atoms with E-state index in [1.165, 1.54) is 24.0 Å². The van der Waals surface area contributed by atoms with Crippen molar-refractivity contribution in [3.8, 4) is 5.69 Å². The van der Waals surface area contributed by atoms with Crippen LogP contribution >= 0.6 is 0 Å². The molecule has 3 aromatic rings. The standard InChI is InChI=1S/C23H27N5O/c1-16-5-8-20(14-17(16)2)28-23(25-22(26-28)18-6-7-18)21(19-4-3-9-24-15-19)27-10-12-29-13-11-27/h3-5,8-9,14-15,18,21H,6-7,10-13H2,1-2H3. The van der Waals surface area contributed by atoms with Gasteiger partial charge in [0.1, 0.15) is 0 Å². The Hall–Kier alpha value is -2.57. The number of nitrogens with zero attached hydrogens (tertiary/aromatic N) is 5. The van der Waals surface area contributed by atoms with Crippen LogP contribution in [0, 0.1) is 13.8 Å². The van der Waals surface area contributed by atoms with Crippen molar-refractivity contribution >= 4 is 0 Å². The van der Waals surface area contributed by atoms with Crippen LogP contribution in [0.15, 0.2) is 42.7 Å². The van der Waals surface area contributed by atoms with Gasteiger partial charge in [0, 0.05) is 31.4 Å². The minimum Gasteiger partial charge on any atom is -0.379 e. The molecule has 0 spiro atoms. The Balaban J connectivity index is 1.65. The lowest BCUT2D eigenvalue weighted by Crippen LogP contribution is -2.40. The zero-order valence-electron chi connectivity index (χ0n) is 17.1. The molecule has 3 heterocycles. The number of hydrogen-bond donors (Lipinski definition) is 0.